The van der Waals surface area contributed by atoms with Gasteiger partial charge in [-0.1, -0.05) is 0 Å². The third-order valence-corrected chi connectivity index (χ3v) is 1.05. The number of halogens is 1. The van der Waals surface area contributed by atoms with Gasteiger partial charge in [-0.05, 0) is 6.07 Å². The van der Waals surface area contributed by atoms with Crippen LogP contribution < -0.4 is 4.57 Å². The topological polar surface area (TPSA) is 3.88 Å². The van der Waals surface area contributed by atoms with Crippen LogP contribution in [0.1, 0.15) is 5.56 Å². The monoisotopic (exact) mass is 124 g/mol. The second-order valence-electron chi connectivity index (χ2n) is 1.85. The van der Waals surface area contributed by atoms with Crippen LogP contribution in [-0.4, -0.2) is 0 Å². The minimum Gasteiger partial charge on any atom is -0.230 e. The van der Waals surface area contributed by atoms with Gasteiger partial charge in [0.25, 0.3) is 0 Å². The van der Waals surface area contributed by atoms with Crippen molar-refractivity contribution in [1.29, 1.82) is 0 Å². The van der Waals surface area contributed by atoms with E-state index in [1.165, 1.54) is 0 Å². The van der Waals surface area contributed by atoms with Crippen LogP contribution in [0, 0.1) is 6.67 Å². The number of hydrogen-bond acceptors (Lipinski definition) is 0. The molecule has 0 aromatic carbocycles. The van der Waals surface area contributed by atoms with Crippen molar-refractivity contribution < 1.29 is 8.96 Å². The highest BCUT2D eigenvalue weighted by atomic mass is 19.1. The van der Waals surface area contributed by atoms with E-state index >= 15 is 0 Å². The Hall–Kier alpha value is -0.920. The normalized spacial score (nSPS) is 9.56. The van der Waals surface area contributed by atoms with Crippen LogP contribution >= 0.6 is 0 Å². The zero-order valence-electron chi connectivity index (χ0n) is 5.13. The summed E-state index contributed by atoms with van der Waals surface area (Å²) in [5.41, 5.74) is 0.472. The maximum atomic E-state index is 11.6. The Morgan fingerprint density at radius 1 is 1.67 bits per heavy atom. The summed E-state index contributed by atoms with van der Waals surface area (Å²) in [7, 11) is 1.83. The van der Waals surface area contributed by atoms with Crippen molar-refractivity contribution in [2.24, 2.45) is 7.05 Å². The quantitative estimate of drug-likeness (QED) is 0.489. The van der Waals surface area contributed by atoms with Gasteiger partial charge in [0.15, 0.2) is 12.4 Å². The summed E-state index contributed by atoms with van der Waals surface area (Å²) in [4.78, 5) is 0. The van der Waals surface area contributed by atoms with E-state index in [1.807, 2.05) is 13.2 Å². The predicted molar refractivity (Wildman–Crippen MR) is 31.1 cm³/mol. The van der Waals surface area contributed by atoms with E-state index in [9.17, 15) is 4.39 Å². The van der Waals surface area contributed by atoms with Crippen LogP contribution in [0.25, 0.3) is 0 Å². The number of aromatic nitrogens is 1. The molecule has 1 aromatic heterocycles. The smallest absolute Gasteiger partial charge is 0.225 e. The highest BCUT2D eigenvalue weighted by molar-refractivity contribution is 5.11. The summed E-state index contributed by atoms with van der Waals surface area (Å²) >= 11 is 0. The fourth-order valence-corrected chi connectivity index (χ4v) is 0.644. The molecule has 0 atom stereocenters. The number of aryl methyl sites for hydroxylation is 1. The zero-order chi connectivity index (χ0) is 6.69. The van der Waals surface area contributed by atoms with Crippen molar-refractivity contribution in [2.45, 2.75) is 0 Å². The van der Waals surface area contributed by atoms with E-state index in [0.717, 1.165) is 0 Å². The Bertz CT molecular complexity index is 198. The van der Waals surface area contributed by atoms with Crippen molar-refractivity contribution in [1.82, 2.24) is 0 Å². The lowest BCUT2D eigenvalue weighted by atomic mass is 10.3. The second-order valence-corrected chi connectivity index (χ2v) is 1.85. The molecular weight excluding hydrogens is 117 g/mol. The molecule has 0 amide bonds. The first-order valence-corrected chi connectivity index (χ1v) is 2.65. The molecule has 0 fully saturated rings. The van der Waals surface area contributed by atoms with Gasteiger partial charge in [-0.15, -0.1) is 0 Å². The lowest BCUT2D eigenvalue weighted by Crippen LogP contribution is -2.26. The van der Waals surface area contributed by atoms with E-state index in [4.69, 9.17) is 0 Å². The molecule has 46 valence electrons. The van der Waals surface area contributed by atoms with Crippen LogP contribution in [0.3, 0.4) is 0 Å². The molecule has 1 heterocycles. The van der Waals surface area contributed by atoms with E-state index in [0.29, 0.717) is 5.56 Å². The van der Waals surface area contributed by atoms with E-state index < -0.39 is 0 Å². The van der Waals surface area contributed by atoms with Crippen molar-refractivity contribution >= 4 is 0 Å². The van der Waals surface area contributed by atoms with Gasteiger partial charge in [0.1, 0.15) is 7.05 Å². The second kappa shape index (κ2) is 2.58. The SMILES string of the molecule is C[n+]1cccc([C]F)c1. The first-order chi connectivity index (χ1) is 4.33. The average molecular weight is 124 g/mol. The van der Waals surface area contributed by atoms with Gasteiger partial charge in [0.05, 0.1) is 5.56 Å². The van der Waals surface area contributed by atoms with Crippen LogP contribution in [0.5, 0.6) is 0 Å². The van der Waals surface area contributed by atoms with Crippen molar-refractivity contribution in [3.05, 3.63) is 36.8 Å². The molecule has 2 radical (unpaired) electrons. The number of nitrogens with zero attached hydrogens (tertiary/aromatic N) is 1. The molecule has 1 rings (SSSR count). The van der Waals surface area contributed by atoms with Gasteiger partial charge in [-0.25, -0.2) is 8.96 Å². The fraction of sp³-hybridized carbons (Fsp3) is 0.143. The summed E-state index contributed by atoms with van der Waals surface area (Å²) in [6.45, 7) is 1.55. The predicted octanol–water partition coefficient (Wildman–Crippen LogP) is 0.867. The lowest BCUT2D eigenvalue weighted by Gasteiger charge is -1.86. The van der Waals surface area contributed by atoms with Gasteiger partial charge in [-0.2, -0.15) is 0 Å². The lowest BCUT2D eigenvalue weighted by molar-refractivity contribution is -0.671. The maximum Gasteiger partial charge on any atom is 0.225 e. The van der Waals surface area contributed by atoms with Gasteiger partial charge in [0.2, 0.25) is 6.67 Å². The van der Waals surface area contributed by atoms with Crippen molar-refractivity contribution in [3.63, 3.8) is 0 Å². The van der Waals surface area contributed by atoms with E-state index in [1.54, 1.807) is 29.6 Å². The Morgan fingerprint density at radius 2 is 2.44 bits per heavy atom. The van der Waals surface area contributed by atoms with Gasteiger partial charge < -0.3 is 0 Å². The maximum absolute atomic E-state index is 11.6. The largest absolute Gasteiger partial charge is 0.230 e. The van der Waals surface area contributed by atoms with Gasteiger partial charge in [0, 0.05) is 6.07 Å². The standard InChI is InChI=1S/C7H7FN/c1-9-4-2-3-7(5-8)6-9/h2-4,6H,1H3/q+1. The molecule has 1 nitrogen and oxygen atoms in total. The summed E-state index contributed by atoms with van der Waals surface area (Å²) in [5.74, 6) is 0. The Morgan fingerprint density at radius 3 is 2.89 bits per heavy atom. The highest BCUT2D eigenvalue weighted by Crippen LogP contribution is 1.96. The zero-order valence-corrected chi connectivity index (χ0v) is 5.13. The molecule has 0 aliphatic rings. The Labute approximate surface area is 53.8 Å². The minimum absolute atomic E-state index is 0.472. The molecule has 2 heteroatoms. The molecule has 0 spiro atoms. The number of pyridine rings is 1. The first-order valence-electron chi connectivity index (χ1n) is 2.65. The number of rotatable bonds is 1. The van der Waals surface area contributed by atoms with Crippen molar-refractivity contribution in [3.8, 4) is 0 Å². The summed E-state index contributed by atoms with van der Waals surface area (Å²) in [6, 6.07) is 3.42. The Kier molecular flexibility index (Phi) is 1.78. The molecule has 0 saturated carbocycles. The molecule has 0 saturated heterocycles. The molecule has 0 bridgehead atoms. The molecule has 0 N–H and O–H groups in total. The first kappa shape index (κ1) is 6.20. The minimum atomic E-state index is 0.472. The molecular formula is C7H7FN+. The molecule has 0 unspecified atom stereocenters. The number of hydrogen-bond donors (Lipinski definition) is 0. The fourth-order valence-electron chi connectivity index (χ4n) is 0.644. The summed E-state index contributed by atoms with van der Waals surface area (Å²) in [5, 5.41) is 0. The van der Waals surface area contributed by atoms with Crippen LogP contribution in [0.15, 0.2) is 24.5 Å². The van der Waals surface area contributed by atoms with E-state index in [-0.39, 0.29) is 0 Å². The average Bonchev–Trinajstić information content (AvgIpc) is 1.88. The van der Waals surface area contributed by atoms with Crippen LogP contribution in [-0.2, 0) is 7.05 Å². The van der Waals surface area contributed by atoms with Crippen LogP contribution in [0.2, 0.25) is 0 Å². The summed E-state index contributed by atoms with van der Waals surface area (Å²) < 4.78 is 13.4. The molecule has 1 aromatic rings. The molecule has 0 aliphatic carbocycles. The molecule has 9 heavy (non-hydrogen) atoms. The molecule has 0 aliphatic heterocycles. The van der Waals surface area contributed by atoms with Gasteiger partial charge in [-0.3, -0.25) is 0 Å². The Balaban J connectivity index is 2.94. The third-order valence-electron chi connectivity index (χ3n) is 1.05. The van der Waals surface area contributed by atoms with Gasteiger partial charge >= 0.3 is 0 Å². The third kappa shape index (κ3) is 1.49. The van der Waals surface area contributed by atoms with E-state index in [2.05, 4.69) is 0 Å². The highest BCUT2D eigenvalue weighted by Gasteiger charge is 1.96. The van der Waals surface area contributed by atoms with Crippen molar-refractivity contribution in [2.75, 3.05) is 0 Å². The van der Waals surface area contributed by atoms with Crippen LogP contribution in [0.4, 0.5) is 4.39 Å². The summed E-state index contributed by atoms with van der Waals surface area (Å²) in [6.07, 6.45) is 3.49.